The van der Waals surface area contributed by atoms with E-state index in [-0.39, 0.29) is 37.5 Å². The van der Waals surface area contributed by atoms with Crippen molar-refractivity contribution in [2.24, 2.45) is 0 Å². The molecule has 0 aliphatic heterocycles. The summed E-state index contributed by atoms with van der Waals surface area (Å²) in [5.74, 6) is -1.00. The minimum absolute atomic E-state index is 0.117. The van der Waals surface area contributed by atoms with E-state index in [0.717, 1.165) is 154 Å². The van der Waals surface area contributed by atoms with Gasteiger partial charge >= 0.3 is 17.9 Å². The Labute approximate surface area is 423 Å². The molecule has 0 bridgehead atoms. The second-order valence-electron chi connectivity index (χ2n) is 17.5. The van der Waals surface area contributed by atoms with Crippen molar-refractivity contribution in [1.82, 2.24) is 0 Å². The zero-order valence-electron chi connectivity index (χ0n) is 44.0. The number of hydrogen-bond donors (Lipinski definition) is 0. The molecule has 0 N–H and O–H groups in total. The zero-order valence-corrected chi connectivity index (χ0v) is 44.0. The number of unbranched alkanes of at least 4 members (excludes halogenated alkanes) is 15. The molecule has 0 heterocycles. The largest absolute Gasteiger partial charge is 0.462 e. The molecule has 1 atom stereocenters. The van der Waals surface area contributed by atoms with Crippen LogP contribution in [0.1, 0.15) is 213 Å². The van der Waals surface area contributed by atoms with Gasteiger partial charge in [0.1, 0.15) is 13.2 Å². The van der Waals surface area contributed by atoms with Gasteiger partial charge in [0.2, 0.25) is 0 Å². The van der Waals surface area contributed by atoms with Gasteiger partial charge in [0, 0.05) is 19.3 Å². The Hall–Kier alpha value is -4.71. The second kappa shape index (κ2) is 55.9. The normalized spacial score (nSPS) is 13.3. The van der Waals surface area contributed by atoms with Crippen LogP contribution in [0.4, 0.5) is 0 Å². The van der Waals surface area contributed by atoms with Crippen LogP contribution in [0.15, 0.2) is 146 Å². The summed E-state index contributed by atoms with van der Waals surface area (Å²) >= 11 is 0. The van der Waals surface area contributed by atoms with Gasteiger partial charge in [-0.05, 0) is 122 Å². The van der Waals surface area contributed by atoms with Crippen LogP contribution in [0.3, 0.4) is 0 Å². The maximum absolute atomic E-state index is 12.8. The van der Waals surface area contributed by atoms with Gasteiger partial charge in [-0.25, -0.2) is 0 Å². The van der Waals surface area contributed by atoms with Gasteiger partial charge in [0.15, 0.2) is 6.10 Å². The standard InChI is InChI=1S/C63H98O6/c1-4-7-10-13-16-19-22-25-28-30-32-34-35-38-41-44-47-50-53-56-62(65)68-59-60(58-67-61(64)55-52-49-46-43-40-37-27-24-21-18-15-12-9-6-3)69-63(66)57-54-51-48-45-42-39-36-33-31-29-26-23-20-17-14-11-8-5-2/h7,9-10,12,16-21,23,25-29,31-34,36-38,41,60H,4-6,8,11,13-15,22,24,30,35,39-40,42-59H2,1-3H3/b10-7-,12-9-,19-16-,20-17-,21-18-,26-23-,28-25-,31-29-,34-32-,36-33-,37-27-,41-38-. The average Bonchev–Trinajstić information content (AvgIpc) is 3.35. The summed E-state index contributed by atoms with van der Waals surface area (Å²) in [6, 6.07) is 0. The quantitative estimate of drug-likeness (QED) is 0.0199. The number of hydrogen-bond acceptors (Lipinski definition) is 6. The third-order valence-electron chi connectivity index (χ3n) is 10.9. The van der Waals surface area contributed by atoms with E-state index in [0.29, 0.717) is 12.8 Å². The molecule has 0 aliphatic carbocycles. The number of ether oxygens (including phenoxy) is 3. The third kappa shape index (κ3) is 54.1. The van der Waals surface area contributed by atoms with Crippen LogP contribution in [-0.4, -0.2) is 37.2 Å². The molecule has 0 rings (SSSR count). The first-order valence-electron chi connectivity index (χ1n) is 27.4. The van der Waals surface area contributed by atoms with E-state index < -0.39 is 6.10 Å². The molecule has 0 saturated heterocycles. The molecule has 0 saturated carbocycles. The molecule has 6 heteroatoms. The predicted octanol–water partition coefficient (Wildman–Crippen LogP) is 18.4. The van der Waals surface area contributed by atoms with Crippen LogP contribution >= 0.6 is 0 Å². The monoisotopic (exact) mass is 951 g/mol. The van der Waals surface area contributed by atoms with Gasteiger partial charge < -0.3 is 14.2 Å². The van der Waals surface area contributed by atoms with E-state index in [1.807, 2.05) is 0 Å². The van der Waals surface area contributed by atoms with Crippen LogP contribution in [0.2, 0.25) is 0 Å². The van der Waals surface area contributed by atoms with E-state index in [9.17, 15) is 14.4 Å². The van der Waals surface area contributed by atoms with Crippen molar-refractivity contribution in [3.05, 3.63) is 146 Å². The predicted molar refractivity (Wildman–Crippen MR) is 297 cm³/mol. The molecule has 0 spiro atoms. The zero-order chi connectivity index (χ0) is 50.0. The van der Waals surface area contributed by atoms with E-state index in [1.54, 1.807) is 0 Å². The molecule has 0 aromatic rings. The Kier molecular flexibility index (Phi) is 52.1. The summed E-state index contributed by atoms with van der Waals surface area (Å²) in [5.41, 5.74) is 0. The van der Waals surface area contributed by atoms with Gasteiger partial charge in [0.05, 0.1) is 0 Å². The van der Waals surface area contributed by atoms with E-state index >= 15 is 0 Å². The number of esters is 3. The van der Waals surface area contributed by atoms with Crippen LogP contribution in [0.25, 0.3) is 0 Å². The molecule has 1 unspecified atom stereocenters. The molecule has 0 amide bonds. The van der Waals surface area contributed by atoms with Crippen molar-refractivity contribution in [3.63, 3.8) is 0 Å². The minimum Gasteiger partial charge on any atom is -0.462 e. The molecule has 0 aromatic heterocycles. The lowest BCUT2D eigenvalue weighted by atomic mass is 10.1. The molecular formula is C63H98O6. The molecule has 0 fully saturated rings. The Morgan fingerprint density at radius 2 is 0.623 bits per heavy atom. The highest BCUT2D eigenvalue weighted by Crippen LogP contribution is 2.12. The first-order valence-corrected chi connectivity index (χ1v) is 27.4. The van der Waals surface area contributed by atoms with Crippen LogP contribution in [-0.2, 0) is 28.6 Å². The molecule has 6 nitrogen and oxygen atoms in total. The Bertz CT molecular complexity index is 1560. The molecule has 0 aromatic carbocycles. The number of rotatable bonds is 47. The fourth-order valence-corrected chi connectivity index (χ4v) is 6.85. The lowest BCUT2D eigenvalue weighted by Gasteiger charge is -2.18. The summed E-state index contributed by atoms with van der Waals surface area (Å²) in [4.78, 5) is 38.1. The highest BCUT2D eigenvalue weighted by atomic mass is 16.6. The lowest BCUT2D eigenvalue weighted by molar-refractivity contribution is -0.167. The van der Waals surface area contributed by atoms with Crippen LogP contribution < -0.4 is 0 Å². The minimum atomic E-state index is -0.821. The summed E-state index contributed by atoms with van der Waals surface area (Å²) in [6.45, 7) is 6.29. The Morgan fingerprint density at radius 3 is 1.03 bits per heavy atom. The first kappa shape index (κ1) is 64.3. The number of carbonyl (C=O) groups excluding carboxylic acids is 3. The molecule has 69 heavy (non-hydrogen) atoms. The Balaban J connectivity index is 4.57. The highest BCUT2D eigenvalue weighted by Gasteiger charge is 2.19. The van der Waals surface area contributed by atoms with Crippen LogP contribution in [0.5, 0.6) is 0 Å². The third-order valence-corrected chi connectivity index (χ3v) is 10.9. The number of allylic oxidation sites excluding steroid dienone is 24. The molecule has 386 valence electrons. The van der Waals surface area contributed by atoms with Gasteiger partial charge in [-0.2, -0.15) is 0 Å². The summed E-state index contributed by atoms with van der Waals surface area (Å²) in [6.07, 6.45) is 79.7. The highest BCUT2D eigenvalue weighted by molar-refractivity contribution is 5.71. The SMILES string of the molecule is CC/C=C\C/C=C\C/C=C\C/C=C\C/C=C\CCCCCC(=O)OCC(COC(=O)CCCCCC/C=C\C/C=C\C/C=C\CC)OC(=O)CCCCCCC\C=C/C=C\C=C/C=C\CCCCC. The average molecular weight is 951 g/mol. The lowest BCUT2D eigenvalue weighted by Crippen LogP contribution is -2.30. The maximum Gasteiger partial charge on any atom is 0.306 e. The summed E-state index contributed by atoms with van der Waals surface area (Å²) in [7, 11) is 0. The van der Waals surface area contributed by atoms with Gasteiger partial charge in [-0.3, -0.25) is 14.4 Å². The number of carbonyl (C=O) groups is 3. The van der Waals surface area contributed by atoms with Gasteiger partial charge in [-0.15, -0.1) is 0 Å². The van der Waals surface area contributed by atoms with Gasteiger partial charge in [0.25, 0.3) is 0 Å². The van der Waals surface area contributed by atoms with Crippen molar-refractivity contribution < 1.29 is 28.6 Å². The van der Waals surface area contributed by atoms with Crippen molar-refractivity contribution >= 4 is 17.9 Å². The van der Waals surface area contributed by atoms with Crippen molar-refractivity contribution in [1.29, 1.82) is 0 Å². The van der Waals surface area contributed by atoms with Crippen molar-refractivity contribution in [3.8, 4) is 0 Å². The smallest absolute Gasteiger partial charge is 0.306 e. The summed E-state index contributed by atoms with van der Waals surface area (Å²) in [5, 5.41) is 0. The van der Waals surface area contributed by atoms with Gasteiger partial charge in [-0.1, -0.05) is 218 Å². The van der Waals surface area contributed by atoms with E-state index in [2.05, 4.69) is 167 Å². The van der Waals surface area contributed by atoms with Crippen molar-refractivity contribution in [2.45, 2.75) is 219 Å². The Morgan fingerprint density at radius 1 is 0.319 bits per heavy atom. The molecule has 0 aliphatic rings. The topological polar surface area (TPSA) is 78.9 Å². The fourth-order valence-electron chi connectivity index (χ4n) is 6.85. The van der Waals surface area contributed by atoms with E-state index in [4.69, 9.17) is 14.2 Å². The second-order valence-corrected chi connectivity index (χ2v) is 17.5. The van der Waals surface area contributed by atoms with E-state index in [1.165, 1.54) is 19.3 Å². The maximum atomic E-state index is 12.8. The first-order chi connectivity index (χ1) is 34.0. The van der Waals surface area contributed by atoms with Crippen molar-refractivity contribution in [2.75, 3.05) is 13.2 Å². The van der Waals surface area contributed by atoms with Crippen LogP contribution in [0, 0.1) is 0 Å². The molecular weight excluding hydrogens is 853 g/mol. The summed E-state index contributed by atoms with van der Waals surface area (Å²) < 4.78 is 16.8. The molecule has 0 radical (unpaired) electrons. The fraction of sp³-hybridized carbons (Fsp3) is 0.571.